The standard InChI is InChI=1S/C21H21ClN2O3S/c1-4-16-20(13(2)15-7-5-6-8-17(15)23-16)21(26)27-12-19(25)24(3)11-14-9-10-18(22)28-14/h5-10H,4,11-12H2,1-3H3. The molecule has 3 rings (SSSR count). The van der Waals surface area contributed by atoms with E-state index in [9.17, 15) is 9.59 Å². The van der Waals surface area contributed by atoms with Gasteiger partial charge in [0, 0.05) is 17.3 Å². The summed E-state index contributed by atoms with van der Waals surface area (Å²) in [5.41, 5.74) is 2.79. The number of hydrogen-bond donors (Lipinski definition) is 0. The van der Waals surface area contributed by atoms with E-state index in [2.05, 4.69) is 4.98 Å². The average molecular weight is 417 g/mol. The average Bonchev–Trinajstić information content (AvgIpc) is 3.10. The molecular formula is C21H21ClN2O3S. The Morgan fingerprint density at radius 2 is 1.96 bits per heavy atom. The Labute approximate surface area is 172 Å². The van der Waals surface area contributed by atoms with Crippen molar-refractivity contribution in [3.63, 3.8) is 0 Å². The third kappa shape index (κ3) is 4.34. The number of nitrogens with zero attached hydrogens (tertiary/aromatic N) is 2. The highest BCUT2D eigenvalue weighted by Crippen LogP contribution is 2.24. The predicted molar refractivity (Wildman–Crippen MR) is 112 cm³/mol. The largest absolute Gasteiger partial charge is 0.452 e. The summed E-state index contributed by atoms with van der Waals surface area (Å²) in [6.07, 6.45) is 0.600. The van der Waals surface area contributed by atoms with E-state index >= 15 is 0 Å². The minimum absolute atomic E-state index is 0.276. The molecule has 0 aliphatic rings. The molecule has 1 aromatic carbocycles. The van der Waals surface area contributed by atoms with Crippen LogP contribution in [0.5, 0.6) is 0 Å². The van der Waals surface area contributed by atoms with Crippen molar-refractivity contribution in [2.75, 3.05) is 13.7 Å². The molecule has 0 fully saturated rings. The lowest BCUT2D eigenvalue weighted by molar-refractivity contribution is -0.133. The van der Waals surface area contributed by atoms with Gasteiger partial charge in [-0.2, -0.15) is 0 Å². The molecule has 28 heavy (non-hydrogen) atoms. The van der Waals surface area contributed by atoms with Gasteiger partial charge < -0.3 is 9.64 Å². The van der Waals surface area contributed by atoms with Crippen LogP contribution in [0.15, 0.2) is 36.4 Å². The maximum atomic E-state index is 12.7. The van der Waals surface area contributed by atoms with Gasteiger partial charge in [-0.25, -0.2) is 4.79 Å². The molecule has 0 aliphatic heterocycles. The highest BCUT2D eigenvalue weighted by Gasteiger charge is 2.21. The van der Waals surface area contributed by atoms with Gasteiger partial charge in [0.1, 0.15) is 0 Å². The predicted octanol–water partition coefficient (Wildman–Crippen LogP) is 4.64. The summed E-state index contributed by atoms with van der Waals surface area (Å²) in [6, 6.07) is 11.3. The Kier molecular flexibility index (Phi) is 6.31. The Balaban J connectivity index is 1.72. The van der Waals surface area contributed by atoms with Gasteiger partial charge in [-0.15, -0.1) is 11.3 Å². The fraction of sp³-hybridized carbons (Fsp3) is 0.286. The number of ether oxygens (including phenoxy) is 1. The maximum absolute atomic E-state index is 12.7. The zero-order chi connectivity index (χ0) is 20.3. The van der Waals surface area contributed by atoms with Gasteiger partial charge in [-0.1, -0.05) is 36.7 Å². The molecule has 0 N–H and O–H groups in total. The van der Waals surface area contributed by atoms with Crippen molar-refractivity contribution in [3.8, 4) is 0 Å². The lowest BCUT2D eigenvalue weighted by atomic mass is 10.0. The van der Waals surface area contributed by atoms with E-state index in [0.29, 0.717) is 28.6 Å². The molecule has 1 amide bonds. The highest BCUT2D eigenvalue weighted by atomic mass is 35.5. The number of likely N-dealkylation sites (N-methyl/N-ethyl adjacent to an activating group) is 1. The molecular weight excluding hydrogens is 396 g/mol. The molecule has 2 heterocycles. The fourth-order valence-corrected chi connectivity index (χ4v) is 4.18. The number of aromatic nitrogens is 1. The second-order valence-electron chi connectivity index (χ2n) is 6.46. The zero-order valence-corrected chi connectivity index (χ0v) is 17.6. The summed E-state index contributed by atoms with van der Waals surface area (Å²) in [6.45, 7) is 3.93. The Morgan fingerprint density at radius 3 is 2.64 bits per heavy atom. The number of thiophene rings is 1. The molecule has 0 aliphatic carbocycles. The van der Waals surface area contributed by atoms with Crippen molar-refractivity contribution in [1.82, 2.24) is 9.88 Å². The van der Waals surface area contributed by atoms with Gasteiger partial charge in [0.15, 0.2) is 6.61 Å². The van der Waals surface area contributed by atoms with Crippen molar-refractivity contribution < 1.29 is 14.3 Å². The van der Waals surface area contributed by atoms with Crippen molar-refractivity contribution in [2.45, 2.75) is 26.8 Å². The van der Waals surface area contributed by atoms with Gasteiger partial charge in [0.05, 0.1) is 27.7 Å². The van der Waals surface area contributed by atoms with Crippen LogP contribution in [0.25, 0.3) is 10.9 Å². The van der Waals surface area contributed by atoms with E-state index in [1.807, 2.05) is 44.2 Å². The first-order chi connectivity index (χ1) is 13.4. The molecule has 0 unspecified atom stereocenters. The van der Waals surface area contributed by atoms with E-state index in [4.69, 9.17) is 16.3 Å². The third-order valence-electron chi connectivity index (χ3n) is 4.54. The number of para-hydroxylation sites is 1. The Morgan fingerprint density at radius 1 is 1.21 bits per heavy atom. The van der Waals surface area contributed by atoms with Crippen LogP contribution in [-0.4, -0.2) is 35.4 Å². The molecule has 0 spiro atoms. The van der Waals surface area contributed by atoms with E-state index in [0.717, 1.165) is 21.3 Å². The minimum atomic E-state index is -0.520. The zero-order valence-electron chi connectivity index (χ0n) is 16.0. The summed E-state index contributed by atoms with van der Waals surface area (Å²) in [5, 5.41) is 0.907. The number of pyridine rings is 1. The summed E-state index contributed by atoms with van der Waals surface area (Å²) >= 11 is 7.34. The lowest BCUT2D eigenvalue weighted by Gasteiger charge is -2.17. The van der Waals surface area contributed by atoms with Gasteiger partial charge in [-0.05, 0) is 37.1 Å². The number of halogens is 1. The Bertz CT molecular complexity index is 1030. The molecule has 7 heteroatoms. The minimum Gasteiger partial charge on any atom is -0.452 e. The molecule has 2 aromatic heterocycles. The molecule has 0 atom stereocenters. The van der Waals surface area contributed by atoms with Crippen molar-refractivity contribution in [3.05, 3.63) is 62.4 Å². The van der Waals surface area contributed by atoms with Gasteiger partial charge >= 0.3 is 5.97 Å². The van der Waals surface area contributed by atoms with Crippen LogP contribution in [0, 0.1) is 6.92 Å². The van der Waals surface area contributed by atoms with Crippen LogP contribution in [0.4, 0.5) is 0 Å². The first-order valence-corrected chi connectivity index (χ1v) is 10.1. The molecule has 0 bridgehead atoms. The van der Waals surface area contributed by atoms with E-state index in [1.165, 1.54) is 16.2 Å². The molecule has 0 radical (unpaired) electrons. The van der Waals surface area contributed by atoms with Crippen LogP contribution >= 0.6 is 22.9 Å². The van der Waals surface area contributed by atoms with Crippen molar-refractivity contribution in [2.24, 2.45) is 0 Å². The van der Waals surface area contributed by atoms with Crippen LogP contribution in [0.1, 0.15) is 33.4 Å². The summed E-state index contributed by atoms with van der Waals surface area (Å²) < 4.78 is 6.01. The quantitative estimate of drug-likeness (QED) is 0.549. The second kappa shape index (κ2) is 8.71. The number of carbonyl (C=O) groups excluding carboxylic acids is 2. The monoisotopic (exact) mass is 416 g/mol. The lowest BCUT2D eigenvalue weighted by Crippen LogP contribution is -2.30. The number of hydrogen-bond acceptors (Lipinski definition) is 5. The molecule has 0 saturated carbocycles. The topological polar surface area (TPSA) is 59.5 Å². The number of carbonyl (C=O) groups is 2. The first kappa shape index (κ1) is 20.3. The van der Waals surface area contributed by atoms with Crippen molar-refractivity contribution >= 4 is 45.7 Å². The number of amides is 1. The fourth-order valence-electron chi connectivity index (χ4n) is 3.04. The number of benzene rings is 1. The maximum Gasteiger partial charge on any atom is 0.340 e. The SMILES string of the molecule is CCc1nc2ccccc2c(C)c1C(=O)OCC(=O)N(C)Cc1ccc(Cl)s1. The number of fused-ring (bicyclic) bond motifs is 1. The number of aryl methyl sites for hydroxylation is 2. The number of rotatable bonds is 6. The normalized spacial score (nSPS) is 10.9. The summed E-state index contributed by atoms with van der Waals surface area (Å²) in [4.78, 5) is 32.1. The van der Waals surface area contributed by atoms with E-state index in [1.54, 1.807) is 13.1 Å². The smallest absolute Gasteiger partial charge is 0.340 e. The molecule has 146 valence electrons. The molecule has 0 saturated heterocycles. The van der Waals surface area contributed by atoms with Gasteiger partial charge in [-0.3, -0.25) is 9.78 Å². The van der Waals surface area contributed by atoms with E-state index in [-0.39, 0.29) is 12.5 Å². The van der Waals surface area contributed by atoms with Crippen LogP contribution < -0.4 is 0 Å². The van der Waals surface area contributed by atoms with Crippen LogP contribution in [-0.2, 0) is 22.5 Å². The van der Waals surface area contributed by atoms with Crippen LogP contribution in [0.3, 0.4) is 0 Å². The molecule has 5 nitrogen and oxygen atoms in total. The van der Waals surface area contributed by atoms with Crippen LogP contribution in [0.2, 0.25) is 4.34 Å². The second-order valence-corrected chi connectivity index (χ2v) is 8.26. The van der Waals surface area contributed by atoms with Crippen molar-refractivity contribution in [1.29, 1.82) is 0 Å². The van der Waals surface area contributed by atoms with E-state index < -0.39 is 5.97 Å². The number of esters is 1. The highest BCUT2D eigenvalue weighted by molar-refractivity contribution is 7.16. The van der Waals surface area contributed by atoms with Gasteiger partial charge in [0.2, 0.25) is 0 Å². The first-order valence-electron chi connectivity index (χ1n) is 8.94. The summed E-state index contributed by atoms with van der Waals surface area (Å²) in [5.74, 6) is -0.796. The third-order valence-corrected chi connectivity index (χ3v) is 5.76. The van der Waals surface area contributed by atoms with Gasteiger partial charge in [0.25, 0.3) is 5.91 Å². The Hall–Kier alpha value is -2.44. The molecule has 3 aromatic rings. The summed E-state index contributed by atoms with van der Waals surface area (Å²) in [7, 11) is 1.67.